The zero-order chi connectivity index (χ0) is 13.9. The minimum atomic E-state index is 0.997. The predicted octanol–water partition coefficient (Wildman–Crippen LogP) is 2.96. The number of fused-ring (bicyclic) bond motifs is 1. The third-order valence-electron chi connectivity index (χ3n) is 4.20. The first-order chi connectivity index (χ1) is 9.81. The molecule has 106 valence electrons. The van der Waals surface area contributed by atoms with E-state index in [4.69, 9.17) is 4.98 Å². The Morgan fingerprint density at radius 2 is 2.10 bits per heavy atom. The van der Waals surface area contributed by atoms with E-state index in [0.717, 1.165) is 19.5 Å². The molecule has 3 nitrogen and oxygen atoms in total. The van der Waals surface area contributed by atoms with Gasteiger partial charge < -0.3 is 9.88 Å². The topological polar surface area (TPSA) is 29.9 Å². The number of aryl methyl sites for hydroxylation is 1. The lowest BCUT2D eigenvalue weighted by Crippen LogP contribution is -2.15. The van der Waals surface area contributed by atoms with Crippen molar-refractivity contribution in [1.29, 1.82) is 0 Å². The average Bonchev–Trinajstić information content (AvgIpc) is 2.84. The molecule has 0 aliphatic carbocycles. The van der Waals surface area contributed by atoms with Crippen LogP contribution < -0.4 is 5.32 Å². The maximum atomic E-state index is 4.98. The third-order valence-corrected chi connectivity index (χ3v) is 4.20. The van der Waals surface area contributed by atoms with Gasteiger partial charge in [0, 0.05) is 30.8 Å². The molecule has 0 unspecified atom stereocenters. The van der Waals surface area contributed by atoms with Crippen molar-refractivity contribution in [3.8, 4) is 11.4 Å². The van der Waals surface area contributed by atoms with Crippen molar-refractivity contribution in [3.05, 3.63) is 41.2 Å². The summed E-state index contributed by atoms with van der Waals surface area (Å²) < 4.78 is 2.46. The molecular weight excluding hydrogens is 246 g/mol. The average molecular weight is 269 g/mol. The Balaban J connectivity index is 2.07. The van der Waals surface area contributed by atoms with Crippen LogP contribution >= 0.6 is 0 Å². The number of nitrogens with zero attached hydrogens (tertiary/aromatic N) is 2. The fraction of sp³-hybridized carbons (Fsp3) is 0.471. The molecule has 0 saturated carbocycles. The Bertz CT molecular complexity index is 598. The number of nitrogens with one attached hydrogen (secondary N) is 1. The third kappa shape index (κ3) is 2.38. The van der Waals surface area contributed by atoms with Crippen LogP contribution in [0.15, 0.2) is 24.3 Å². The molecule has 0 saturated heterocycles. The van der Waals surface area contributed by atoms with Crippen LogP contribution in [0.2, 0.25) is 0 Å². The SMILES string of the molecule is CNCCc1nc(-c2ccccc2C)n2c1CCCC2. The summed E-state index contributed by atoms with van der Waals surface area (Å²) in [6, 6.07) is 8.58. The molecule has 1 aromatic heterocycles. The molecule has 2 aromatic rings. The number of aromatic nitrogens is 2. The van der Waals surface area contributed by atoms with Gasteiger partial charge in [0.2, 0.25) is 0 Å². The molecule has 20 heavy (non-hydrogen) atoms. The summed E-state index contributed by atoms with van der Waals surface area (Å²) in [7, 11) is 2.00. The van der Waals surface area contributed by atoms with Crippen LogP contribution in [0.25, 0.3) is 11.4 Å². The van der Waals surface area contributed by atoms with E-state index in [1.165, 1.54) is 47.6 Å². The fourth-order valence-corrected chi connectivity index (χ4v) is 3.09. The second-order valence-electron chi connectivity index (χ2n) is 5.61. The molecule has 0 bridgehead atoms. The zero-order valence-corrected chi connectivity index (χ0v) is 12.4. The number of likely N-dealkylation sites (N-methyl/N-ethyl adjacent to an activating group) is 1. The van der Waals surface area contributed by atoms with Gasteiger partial charge in [0.15, 0.2) is 0 Å². The molecule has 0 amide bonds. The Morgan fingerprint density at radius 3 is 2.90 bits per heavy atom. The van der Waals surface area contributed by atoms with Crippen LogP contribution in [0, 0.1) is 6.92 Å². The van der Waals surface area contributed by atoms with Crippen molar-refractivity contribution in [3.63, 3.8) is 0 Å². The van der Waals surface area contributed by atoms with E-state index < -0.39 is 0 Å². The zero-order valence-electron chi connectivity index (χ0n) is 12.4. The van der Waals surface area contributed by atoms with Crippen LogP contribution in [0.4, 0.5) is 0 Å². The lowest BCUT2D eigenvalue weighted by molar-refractivity contribution is 0.532. The smallest absolute Gasteiger partial charge is 0.140 e. The van der Waals surface area contributed by atoms with Gasteiger partial charge in [0.1, 0.15) is 5.82 Å². The van der Waals surface area contributed by atoms with Gasteiger partial charge in [-0.2, -0.15) is 0 Å². The summed E-state index contributed by atoms with van der Waals surface area (Å²) in [4.78, 5) is 4.98. The highest BCUT2D eigenvalue weighted by molar-refractivity contribution is 5.61. The molecule has 3 heteroatoms. The van der Waals surface area contributed by atoms with Crippen molar-refractivity contribution >= 4 is 0 Å². The molecule has 2 heterocycles. The van der Waals surface area contributed by atoms with Crippen molar-refractivity contribution in [2.24, 2.45) is 0 Å². The maximum absolute atomic E-state index is 4.98. The van der Waals surface area contributed by atoms with Crippen molar-refractivity contribution in [2.45, 2.75) is 39.2 Å². The van der Waals surface area contributed by atoms with Gasteiger partial charge in [-0.25, -0.2) is 4.98 Å². The van der Waals surface area contributed by atoms with Gasteiger partial charge in [-0.1, -0.05) is 24.3 Å². The van der Waals surface area contributed by atoms with Crippen LogP contribution in [0.5, 0.6) is 0 Å². The normalized spacial score (nSPS) is 14.3. The van der Waals surface area contributed by atoms with E-state index in [1.54, 1.807) is 0 Å². The van der Waals surface area contributed by atoms with Crippen molar-refractivity contribution in [2.75, 3.05) is 13.6 Å². The van der Waals surface area contributed by atoms with Crippen molar-refractivity contribution in [1.82, 2.24) is 14.9 Å². The van der Waals surface area contributed by atoms with Gasteiger partial charge in [0.05, 0.1) is 5.69 Å². The van der Waals surface area contributed by atoms with E-state index >= 15 is 0 Å². The lowest BCUT2D eigenvalue weighted by atomic mass is 10.1. The molecule has 3 rings (SSSR count). The summed E-state index contributed by atoms with van der Waals surface area (Å²) in [5.74, 6) is 1.17. The highest BCUT2D eigenvalue weighted by Gasteiger charge is 2.21. The molecule has 0 fully saturated rings. The molecule has 1 N–H and O–H groups in total. The van der Waals surface area contributed by atoms with Gasteiger partial charge >= 0.3 is 0 Å². The van der Waals surface area contributed by atoms with E-state index in [9.17, 15) is 0 Å². The molecule has 0 radical (unpaired) electrons. The predicted molar refractivity (Wildman–Crippen MR) is 83.0 cm³/mol. The summed E-state index contributed by atoms with van der Waals surface area (Å²) in [5.41, 5.74) is 5.35. The second kappa shape index (κ2) is 5.80. The summed E-state index contributed by atoms with van der Waals surface area (Å²) >= 11 is 0. The highest BCUT2D eigenvalue weighted by atomic mass is 15.1. The van der Waals surface area contributed by atoms with E-state index in [2.05, 4.69) is 41.1 Å². The Labute approximate surface area is 121 Å². The Kier molecular flexibility index (Phi) is 3.88. The second-order valence-corrected chi connectivity index (χ2v) is 5.61. The molecule has 0 spiro atoms. The summed E-state index contributed by atoms with van der Waals surface area (Å²) in [6.07, 6.45) is 4.77. The number of rotatable bonds is 4. The van der Waals surface area contributed by atoms with Gasteiger partial charge in [-0.15, -0.1) is 0 Å². The first kappa shape index (κ1) is 13.4. The minimum absolute atomic E-state index is 0.997. The monoisotopic (exact) mass is 269 g/mol. The lowest BCUT2D eigenvalue weighted by Gasteiger charge is -2.18. The number of hydrogen-bond acceptors (Lipinski definition) is 2. The molecule has 1 aliphatic rings. The first-order valence-corrected chi connectivity index (χ1v) is 7.60. The standard InChI is InChI=1S/C17H23N3/c1-13-7-3-4-8-14(13)17-19-15(10-11-18-2)16-9-5-6-12-20(16)17/h3-4,7-8,18H,5-6,9-12H2,1-2H3. The van der Waals surface area contributed by atoms with Crippen molar-refractivity contribution < 1.29 is 0 Å². The van der Waals surface area contributed by atoms with Crippen LogP contribution in [0.1, 0.15) is 29.8 Å². The van der Waals surface area contributed by atoms with E-state index in [0.29, 0.717) is 0 Å². The van der Waals surface area contributed by atoms with Crippen LogP contribution in [0.3, 0.4) is 0 Å². The fourth-order valence-electron chi connectivity index (χ4n) is 3.09. The first-order valence-electron chi connectivity index (χ1n) is 7.60. The van der Waals surface area contributed by atoms with Crippen LogP contribution in [-0.4, -0.2) is 23.1 Å². The maximum Gasteiger partial charge on any atom is 0.140 e. The molecule has 0 atom stereocenters. The number of benzene rings is 1. The van der Waals surface area contributed by atoms with E-state index in [-0.39, 0.29) is 0 Å². The summed E-state index contributed by atoms with van der Waals surface area (Å²) in [6.45, 7) is 4.29. The van der Waals surface area contributed by atoms with E-state index in [1.807, 2.05) is 7.05 Å². The van der Waals surface area contributed by atoms with Gasteiger partial charge in [0.25, 0.3) is 0 Å². The number of imidazole rings is 1. The number of hydrogen-bond donors (Lipinski definition) is 1. The molecule has 1 aliphatic heterocycles. The Hall–Kier alpha value is -1.61. The minimum Gasteiger partial charge on any atom is -0.328 e. The largest absolute Gasteiger partial charge is 0.328 e. The Morgan fingerprint density at radius 1 is 1.25 bits per heavy atom. The van der Waals surface area contributed by atoms with Crippen LogP contribution in [-0.2, 0) is 19.4 Å². The molecule has 1 aromatic carbocycles. The highest BCUT2D eigenvalue weighted by Crippen LogP contribution is 2.29. The van der Waals surface area contributed by atoms with Gasteiger partial charge in [-0.3, -0.25) is 0 Å². The van der Waals surface area contributed by atoms with Gasteiger partial charge in [-0.05, 0) is 38.8 Å². The quantitative estimate of drug-likeness (QED) is 0.925. The summed E-state index contributed by atoms with van der Waals surface area (Å²) in [5, 5.41) is 3.23. The molecular formula is C17H23N3.